The van der Waals surface area contributed by atoms with E-state index in [1.54, 1.807) is 31.2 Å². The largest absolute Gasteiger partial charge is 0.510 e. The van der Waals surface area contributed by atoms with Crippen molar-refractivity contribution in [3.8, 4) is 5.75 Å². The maximum absolute atomic E-state index is 11.5. The normalized spacial score (nSPS) is 12.2. The van der Waals surface area contributed by atoms with Gasteiger partial charge in [-0.3, -0.25) is 0 Å². The molecule has 1 aromatic carbocycles. The van der Waals surface area contributed by atoms with E-state index >= 15 is 0 Å². The molecule has 0 unspecified atom stereocenters. The third kappa shape index (κ3) is 4.72. The number of benzene rings is 1. The van der Waals surface area contributed by atoms with Gasteiger partial charge < -0.3 is 14.6 Å². The molecule has 0 spiro atoms. The first-order valence-corrected chi connectivity index (χ1v) is 6.30. The van der Waals surface area contributed by atoms with Crippen LogP contribution in [0.4, 0.5) is 5.69 Å². The second kappa shape index (κ2) is 7.93. The second-order valence-corrected chi connectivity index (χ2v) is 3.78. The molecule has 0 bridgehead atoms. The Bertz CT molecular complexity index is 502. The van der Waals surface area contributed by atoms with Crippen molar-refractivity contribution in [3.05, 3.63) is 35.7 Å². The number of aliphatic hydroxyl groups excluding tert-OH is 1. The summed E-state index contributed by atoms with van der Waals surface area (Å²) in [6.45, 7) is 5.71. The number of allylic oxidation sites excluding steroid dienone is 1. The number of azo groups is 1. The Kier molecular flexibility index (Phi) is 6.22. The third-order valence-corrected chi connectivity index (χ3v) is 2.22. The lowest BCUT2D eigenvalue weighted by atomic mass is 10.3. The van der Waals surface area contributed by atoms with Crippen molar-refractivity contribution in [2.75, 3.05) is 13.2 Å². The number of ether oxygens (including phenoxy) is 2. The van der Waals surface area contributed by atoms with Gasteiger partial charge in [0.2, 0.25) is 5.70 Å². The van der Waals surface area contributed by atoms with Gasteiger partial charge in [-0.2, -0.15) is 5.11 Å². The molecule has 0 atom stereocenters. The molecule has 0 radical (unpaired) electrons. The van der Waals surface area contributed by atoms with E-state index in [4.69, 9.17) is 9.47 Å². The maximum Gasteiger partial charge on any atom is 0.362 e. The summed E-state index contributed by atoms with van der Waals surface area (Å²) in [6, 6.07) is 6.89. The number of rotatable bonds is 6. The van der Waals surface area contributed by atoms with Gasteiger partial charge in [0.25, 0.3) is 0 Å². The van der Waals surface area contributed by atoms with Gasteiger partial charge in [-0.15, -0.1) is 5.11 Å². The Hall–Kier alpha value is -2.37. The number of carbonyl (C=O) groups excluding carboxylic acids is 1. The van der Waals surface area contributed by atoms with E-state index in [-0.39, 0.29) is 18.1 Å². The number of esters is 1. The van der Waals surface area contributed by atoms with Crippen molar-refractivity contribution in [2.45, 2.75) is 20.8 Å². The molecule has 1 N–H and O–H groups in total. The van der Waals surface area contributed by atoms with Crippen LogP contribution < -0.4 is 4.74 Å². The Morgan fingerprint density at radius 3 is 2.35 bits per heavy atom. The lowest BCUT2D eigenvalue weighted by molar-refractivity contribution is -0.138. The zero-order valence-electron chi connectivity index (χ0n) is 11.8. The zero-order valence-corrected chi connectivity index (χ0v) is 11.8. The highest BCUT2D eigenvalue weighted by atomic mass is 16.5. The number of hydrogen-bond acceptors (Lipinski definition) is 6. The van der Waals surface area contributed by atoms with Crippen LogP contribution >= 0.6 is 0 Å². The molecule has 0 aliphatic heterocycles. The smallest absolute Gasteiger partial charge is 0.362 e. The molecular weight excluding hydrogens is 260 g/mol. The molecule has 0 heterocycles. The molecule has 1 aromatic rings. The van der Waals surface area contributed by atoms with E-state index in [2.05, 4.69) is 10.2 Å². The molecule has 108 valence electrons. The van der Waals surface area contributed by atoms with Crippen LogP contribution in [-0.4, -0.2) is 24.3 Å². The van der Waals surface area contributed by atoms with Gasteiger partial charge in [-0.05, 0) is 45.0 Å². The second-order valence-electron chi connectivity index (χ2n) is 3.78. The topological polar surface area (TPSA) is 80.5 Å². The van der Waals surface area contributed by atoms with Gasteiger partial charge in [0, 0.05) is 0 Å². The number of carbonyl (C=O) groups is 1. The van der Waals surface area contributed by atoms with Crippen molar-refractivity contribution < 1.29 is 19.4 Å². The molecule has 0 amide bonds. The predicted molar refractivity (Wildman–Crippen MR) is 74.1 cm³/mol. The Morgan fingerprint density at radius 2 is 1.85 bits per heavy atom. The quantitative estimate of drug-likeness (QED) is 0.373. The van der Waals surface area contributed by atoms with Gasteiger partial charge in [0.05, 0.1) is 18.9 Å². The van der Waals surface area contributed by atoms with Gasteiger partial charge in [0.1, 0.15) is 11.5 Å². The Labute approximate surface area is 117 Å². The van der Waals surface area contributed by atoms with Gasteiger partial charge >= 0.3 is 5.97 Å². The van der Waals surface area contributed by atoms with Crippen LogP contribution in [0.5, 0.6) is 5.75 Å². The highest BCUT2D eigenvalue weighted by Crippen LogP contribution is 2.19. The summed E-state index contributed by atoms with van der Waals surface area (Å²) in [4.78, 5) is 11.5. The van der Waals surface area contributed by atoms with Crippen molar-refractivity contribution in [3.63, 3.8) is 0 Å². The first kappa shape index (κ1) is 15.7. The first-order chi connectivity index (χ1) is 9.58. The van der Waals surface area contributed by atoms with Crippen molar-refractivity contribution in [1.29, 1.82) is 0 Å². The fourth-order valence-corrected chi connectivity index (χ4v) is 1.34. The van der Waals surface area contributed by atoms with Crippen LogP contribution in [0.3, 0.4) is 0 Å². The lowest BCUT2D eigenvalue weighted by Gasteiger charge is -2.03. The van der Waals surface area contributed by atoms with E-state index in [9.17, 15) is 9.90 Å². The van der Waals surface area contributed by atoms with Crippen LogP contribution in [0, 0.1) is 0 Å². The Balaban J connectivity index is 2.83. The molecule has 0 saturated heterocycles. The van der Waals surface area contributed by atoms with Crippen LogP contribution in [-0.2, 0) is 9.53 Å². The molecule has 0 saturated carbocycles. The van der Waals surface area contributed by atoms with E-state index in [0.29, 0.717) is 12.3 Å². The molecule has 6 heteroatoms. The zero-order chi connectivity index (χ0) is 15.0. The minimum atomic E-state index is -0.706. The summed E-state index contributed by atoms with van der Waals surface area (Å²) in [6.07, 6.45) is 0. The standard InChI is InChI=1S/C14H18N2O4/c1-4-19-12-8-6-11(7-9-12)15-16-13(10(3)17)14(18)20-5-2/h6-9,17H,4-5H2,1-3H3/b13-10+,16-15?. The highest BCUT2D eigenvalue weighted by Gasteiger charge is 2.13. The lowest BCUT2D eigenvalue weighted by Crippen LogP contribution is -2.07. The predicted octanol–water partition coefficient (Wildman–Crippen LogP) is 3.52. The fourth-order valence-electron chi connectivity index (χ4n) is 1.34. The summed E-state index contributed by atoms with van der Waals surface area (Å²) in [5.41, 5.74) is 0.331. The SMILES string of the molecule is CCOC(=O)/C(N=Nc1ccc(OCC)cc1)=C(/C)O. The van der Waals surface area contributed by atoms with Gasteiger partial charge in [-0.1, -0.05) is 0 Å². The fraction of sp³-hybridized carbons (Fsp3) is 0.357. The van der Waals surface area contributed by atoms with E-state index in [0.717, 1.165) is 5.75 Å². The molecule has 0 aliphatic carbocycles. The van der Waals surface area contributed by atoms with Gasteiger partial charge in [0.15, 0.2) is 0 Å². The van der Waals surface area contributed by atoms with Crippen LogP contribution in [0.15, 0.2) is 46.0 Å². The van der Waals surface area contributed by atoms with Crippen LogP contribution in [0.25, 0.3) is 0 Å². The van der Waals surface area contributed by atoms with Crippen molar-refractivity contribution >= 4 is 11.7 Å². The summed E-state index contributed by atoms with van der Waals surface area (Å²) in [7, 11) is 0. The molecule has 1 rings (SSSR count). The van der Waals surface area contributed by atoms with Crippen LogP contribution in [0.2, 0.25) is 0 Å². The minimum Gasteiger partial charge on any atom is -0.510 e. The Morgan fingerprint density at radius 1 is 1.20 bits per heavy atom. The average molecular weight is 278 g/mol. The number of hydrogen-bond donors (Lipinski definition) is 1. The monoisotopic (exact) mass is 278 g/mol. The molecular formula is C14H18N2O4. The molecule has 0 aliphatic rings. The highest BCUT2D eigenvalue weighted by molar-refractivity contribution is 5.88. The summed E-state index contributed by atoms with van der Waals surface area (Å²) in [5, 5.41) is 17.0. The summed E-state index contributed by atoms with van der Waals surface area (Å²) >= 11 is 0. The number of nitrogens with zero attached hydrogens (tertiary/aromatic N) is 2. The molecule has 0 fully saturated rings. The van der Waals surface area contributed by atoms with E-state index in [1.165, 1.54) is 6.92 Å². The first-order valence-electron chi connectivity index (χ1n) is 6.30. The minimum absolute atomic E-state index is 0.203. The van der Waals surface area contributed by atoms with Crippen molar-refractivity contribution in [2.24, 2.45) is 10.2 Å². The van der Waals surface area contributed by atoms with E-state index in [1.807, 2.05) is 6.92 Å². The van der Waals surface area contributed by atoms with E-state index < -0.39 is 5.97 Å². The summed E-state index contributed by atoms with van der Waals surface area (Å²) < 4.78 is 10.1. The molecule has 0 aromatic heterocycles. The third-order valence-electron chi connectivity index (χ3n) is 2.22. The van der Waals surface area contributed by atoms with Gasteiger partial charge in [-0.25, -0.2) is 4.79 Å². The average Bonchev–Trinajstić information content (AvgIpc) is 2.41. The summed E-state index contributed by atoms with van der Waals surface area (Å²) in [5.74, 6) is -0.216. The van der Waals surface area contributed by atoms with Crippen molar-refractivity contribution in [1.82, 2.24) is 0 Å². The maximum atomic E-state index is 11.5. The molecule has 20 heavy (non-hydrogen) atoms. The molecule has 6 nitrogen and oxygen atoms in total. The number of aliphatic hydroxyl groups is 1. The van der Waals surface area contributed by atoms with Crippen LogP contribution in [0.1, 0.15) is 20.8 Å².